The minimum atomic E-state index is -0.140. The zero-order chi connectivity index (χ0) is 14.4. The average Bonchev–Trinajstić information content (AvgIpc) is 2.98. The zero-order valence-electron chi connectivity index (χ0n) is 12.4. The highest BCUT2D eigenvalue weighted by Gasteiger charge is 2.19. The molecular formula is C15H25N3OS. The molecular weight excluding hydrogens is 270 g/mol. The first-order valence-electron chi connectivity index (χ1n) is 7.44. The van der Waals surface area contributed by atoms with E-state index >= 15 is 0 Å². The summed E-state index contributed by atoms with van der Waals surface area (Å²) in [5.41, 5.74) is 1.36. The normalized spacial score (nSPS) is 19.1. The molecule has 2 N–H and O–H groups in total. The molecule has 0 bridgehead atoms. The van der Waals surface area contributed by atoms with Crippen LogP contribution in [0.3, 0.4) is 0 Å². The average molecular weight is 295 g/mol. The fourth-order valence-corrected chi connectivity index (χ4v) is 3.17. The Balaban J connectivity index is 1.95. The molecule has 4 nitrogen and oxygen atoms in total. The van der Waals surface area contributed by atoms with Gasteiger partial charge in [-0.2, -0.15) is 11.3 Å². The van der Waals surface area contributed by atoms with Gasteiger partial charge in [0, 0.05) is 32.1 Å². The van der Waals surface area contributed by atoms with E-state index in [9.17, 15) is 5.11 Å². The zero-order valence-corrected chi connectivity index (χ0v) is 13.2. The molecule has 0 aromatic carbocycles. The van der Waals surface area contributed by atoms with E-state index in [4.69, 9.17) is 4.99 Å². The number of nitrogens with zero attached hydrogens (tertiary/aromatic N) is 2. The van der Waals surface area contributed by atoms with Crippen LogP contribution >= 0.6 is 11.3 Å². The molecule has 0 spiro atoms. The van der Waals surface area contributed by atoms with Crippen molar-refractivity contribution in [2.45, 2.75) is 38.7 Å². The van der Waals surface area contributed by atoms with E-state index < -0.39 is 0 Å². The van der Waals surface area contributed by atoms with Gasteiger partial charge < -0.3 is 15.3 Å². The molecule has 0 saturated carbocycles. The number of aliphatic imine (C=N–C) groups is 1. The fraction of sp³-hybridized carbons (Fsp3) is 0.667. The quantitative estimate of drug-likeness (QED) is 0.662. The summed E-state index contributed by atoms with van der Waals surface area (Å²) in [6.45, 7) is 7.77. The predicted octanol–water partition coefficient (Wildman–Crippen LogP) is 2.27. The lowest BCUT2D eigenvalue weighted by Gasteiger charge is -2.32. The topological polar surface area (TPSA) is 47.9 Å². The highest BCUT2D eigenvalue weighted by atomic mass is 32.1. The SMILES string of the molecule is CCNC(=NCC(C)c1ccsc1)N1CCC(O)CC1. The Morgan fingerprint density at radius 1 is 1.55 bits per heavy atom. The molecule has 1 unspecified atom stereocenters. The Labute approximate surface area is 125 Å². The molecule has 1 aromatic heterocycles. The third-order valence-electron chi connectivity index (χ3n) is 3.73. The Bertz CT molecular complexity index is 411. The number of guanidine groups is 1. The van der Waals surface area contributed by atoms with Crippen molar-refractivity contribution in [1.82, 2.24) is 10.2 Å². The lowest BCUT2D eigenvalue weighted by atomic mass is 10.1. The number of likely N-dealkylation sites (tertiary alicyclic amines) is 1. The van der Waals surface area contributed by atoms with Crippen molar-refractivity contribution >= 4 is 17.3 Å². The molecule has 0 radical (unpaired) electrons. The molecule has 0 aliphatic carbocycles. The highest BCUT2D eigenvalue weighted by molar-refractivity contribution is 7.07. The van der Waals surface area contributed by atoms with Crippen molar-refractivity contribution < 1.29 is 5.11 Å². The molecule has 1 atom stereocenters. The molecule has 20 heavy (non-hydrogen) atoms. The van der Waals surface area contributed by atoms with E-state index in [2.05, 4.69) is 40.9 Å². The summed E-state index contributed by atoms with van der Waals surface area (Å²) in [5, 5.41) is 17.3. The Kier molecular flexibility index (Phi) is 5.86. The maximum Gasteiger partial charge on any atom is 0.193 e. The number of aliphatic hydroxyl groups is 1. The van der Waals surface area contributed by atoms with Crippen LogP contribution < -0.4 is 5.32 Å². The Morgan fingerprint density at radius 2 is 2.30 bits per heavy atom. The first-order valence-corrected chi connectivity index (χ1v) is 8.38. The summed E-state index contributed by atoms with van der Waals surface area (Å²) < 4.78 is 0. The first kappa shape index (κ1) is 15.3. The third kappa shape index (κ3) is 4.21. The minimum absolute atomic E-state index is 0.140. The largest absolute Gasteiger partial charge is 0.393 e. The number of nitrogens with one attached hydrogen (secondary N) is 1. The molecule has 2 heterocycles. The summed E-state index contributed by atoms with van der Waals surface area (Å²) in [4.78, 5) is 7.03. The molecule has 1 fully saturated rings. The van der Waals surface area contributed by atoms with Crippen LogP contribution in [0.25, 0.3) is 0 Å². The molecule has 1 aromatic rings. The molecule has 1 aliphatic rings. The van der Waals surface area contributed by atoms with Crippen molar-refractivity contribution in [3.8, 4) is 0 Å². The second-order valence-electron chi connectivity index (χ2n) is 5.37. The van der Waals surface area contributed by atoms with Crippen molar-refractivity contribution in [3.63, 3.8) is 0 Å². The van der Waals surface area contributed by atoms with Crippen molar-refractivity contribution in [2.75, 3.05) is 26.2 Å². The van der Waals surface area contributed by atoms with Gasteiger partial charge in [0.05, 0.1) is 6.10 Å². The van der Waals surface area contributed by atoms with Crippen LogP contribution in [0.5, 0.6) is 0 Å². The lowest BCUT2D eigenvalue weighted by molar-refractivity contribution is 0.108. The van der Waals surface area contributed by atoms with E-state index in [0.717, 1.165) is 45.0 Å². The van der Waals surface area contributed by atoms with Gasteiger partial charge in [-0.15, -0.1) is 0 Å². The van der Waals surface area contributed by atoms with Gasteiger partial charge >= 0.3 is 0 Å². The number of piperidine rings is 1. The lowest BCUT2D eigenvalue weighted by Crippen LogP contribution is -2.46. The van der Waals surface area contributed by atoms with E-state index in [1.54, 1.807) is 11.3 Å². The van der Waals surface area contributed by atoms with Crippen LogP contribution in [0.4, 0.5) is 0 Å². The van der Waals surface area contributed by atoms with Crippen LogP contribution in [-0.2, 0) is 0 Å². The summed E-state index contributed by atoms with van der Waals surface area (Å²) >= 11 is 1.74. The van der Waals surface area contributed by atoms with Gasteiger partial charge in [-0.25, -0.2) is 0 Å². The van der Waals surface area contributed by atoms with E-state index in [0.29, 0.717) is 5.92 Å². The maximum absolute atomic E-state index is 9.60. The number of rotatable bonds is 4. The van der Waals surface area contributed by atoms with E-state index in [1.165, 1.54) is 5.56 Å². The summed E-state index contributed by atoms with van der Waals surface area (Å²) in [7, 11) is 0. The van der Waals surface area contributed by atoms with Gasteiger partial charge in [0.25, 0.3) is 0 Å². The summed E-state index contributed by atoms with van der Waals surface area (Å²) in [5.74, 6) is 1.44. The first-order chi connectivity index (χ1) is 9.70. The number of hydrogen-bond acceptors (Lipinski definition) is 3. The monoisotopic (exact) mass is 295 g/mol. The molecule has 0 amide bonds. The fourth-order valence-electron chi connectivity index (χ4n) is 2.39. The van der Waals surface area contributed by atoms with Gasteiger partial charge in [-0.1, -0.05) is 6.92 Å². The van der Waals surface area contributed by atoms with Crippen LogP contribution in [0.15, 0.2) is 21.8 Å². The number of thiophene rings is 1. The van der Waals surface area contributed by atoms with Gasteiger partial charge in [0.2, 0.25) is 0 Å². The second-order valence-corrected chi connectivity index (χ2v) is 6.15. The maximum atomic E-state index is 9.60. The van der Waals surface area contributed by atoms with Crippen LogP contribution in [-0.4, -0.2) is 48.2 Å². The van der Waals surface area contributed by atoms with E-state index in [1.807, 2.05) is 0 Å². The number of aliphatic hydroxyl groups excluding tert-OH is 1. The second kappa shape index (κ2) is 7.64. The van der Waals surface area contributed by atoms with Gasteiger partial charge in [-0.3, -0.25) is 4.99 Å². The highest BCUT2D eigenvalue weighted by Crippen LogP contribution is 2.18. The smallest absolute Gasteiger partial charge is 0.193 e. The van der Waals surface area contributed by atoms with Gasteiger partial charge in [0.15, 0.2) is 5.96 Å². The van der Waals surface area contributed by atoms with Crippen molar-refractivity contribution in [2.24, 2.45) is 4.99 Å². The van der Waals surface area contributed by atoms with Gasteiger partial charge in [0.1, 0.15) is 0 Å². The molecule has 1 aliphatic heterocycles. The van der Waals surface area contributed by atoms with Crippen LogP contribution in [0.1, 0.15) is 38.2 Å². The van der Waals surface area contributed by atoms with Crippen molar-refractivity contribution in [3.05, 3.63) is 22.4 Å². The molecule has 5 heteroatoms. The van der Waals surface area contributed by atoms with Crippen LogP contribution in [0, 0.1) is 0 Å². The molecule has 2 rings (SSSR count). The standard InChI is InChI=1S/C15H25N3OS/c1-3-16-15(18-7-4-14(19)5-8-18)17-10-12(2)13-6-9-20-11-13/h6,9,11-12,14,19H,3-5,7-8,10H2,1-2H3,(H,16,17). The minimum Gasteiger partial charge on any atom is -0.393 e. The van der Waals surface area contributed by atoms with Gasteiger partial charge in [-0.05, 0) is 42.2 Å². The number of hydrogen-bond donors (Lipinski definition) is 2. The Hall–Kier alpha value is -1.07. The van der Waals surface area contributed by atoms with Crippen LogP contribution in [0.2, 0.25) is 0 Å². The Morgan fingerprint density at radius 3 is 2.90 bits per heavy atom. The molecule has 112 valence electrons. The third-order valence-corrected chi connectivity index (χ3v) is 4.43. The molecule has 1 saturated heterocycles. The summed E-state index contributed by atoms with van der Waals surface area (Å²) in [6.07, 6.45) is 1.54. The summed E-state index contributed by atoms with van der Waals surface area (Å²) in [6, 6.07) is 2.18. The van der Waals surface area contributed by atoms with E-state index in [-0.39, 0.29) is 6.10 Å². The van der Waals surface area contributed by atoms with Crippen molar-refractivity contribution in [1.29, 1.82) is 0 Å². The predicted molar refractivity (Wildman–Crippen MR) is 85.5 cm³/mol.